The second kappa shape index (κ2) is 11.7. The average Bonchev–Trinajstić information content (AvgIpc) is 3.26. The zero-order chi connectivity index (χ0) is 24.0. The normalized spacial score (nSPS) is 16.3. The Bertz CT molecular complexity index is 931. The number of halogens is 1. The minimum atomic E-state index is -0.194. The van der Waals surface area contributed by atoms with Gasteiger partial charge in [0.05, 0.1) is 6.04 Å². The molecule has 1 aromatic carbocycles. The van der Waals surface area contributed by atoms with E-state index in [1.165, 1.54) is 4.88 Å². The molecule has 0 unspecified atom stereocenters. The van der Waals surface area contributed by atoms with Gasteiger partial charge in [-0.05, 0) is 67.5 Å². The van der Waals surface area contributed by atoms with Gasteiger partial charge in [-0.15, -0.1) is 11.3 Å². The lowest BCUT2D eigenvalue weighted by Gasteiger charge is -2.37. The van der Waals surface area contributed by atoms with E-state index in [0.29, 0.717) is 36.4 Å². The number of ether oxygens (including phenoxy) is 1. The molecule has 1 aromatic heterocycles. The molecule has 2 heterocycles. The number of benzene rings is 1. The van der Waals surface area contributed by atoms with Crippen molar-refractivity contribution in [2.45, 2.75) is 52.6 Å². The zero-order valence-electron chi connectivity index (χ0n) is 19.8. The van der Waals surface area contributed by atoms with Gasteiger partial charge in [0.15, 0.2) is 0 Å². The van der Waals surface area contributed by atoms with Crippen LogP contribution in [0.2, 0.25) is 5.02 Å². The predicted molar refractivity (Wildman–Crippen MR) is 134 cm³/mol. The van der Waals surface area contributed by atoms with Crippen LogP contribution in [-0.2, 0) is 11.2 Å². The number of fused-ring (bicyclic) bond motifs is 1. The van der Waals surface area contributed by atoms with Gasteiger partial charge >= 0.3 is 6.03 Å². The number of hydrogen-bond donors (Lipinski definition) is 1. The van der Waals surface area contributed by atoms with Crippen molar-refractivity contribution < 1.29 is 14.3 Å². The van der Waals surface area contributed by atoms with Crippen molar-refractivity contribution >= 4 is 34.9 Å². The van der Waals surface area contributed by atoms with Crippen LogP contribution in [0.15, 0.2) is 35.7 Å². The molecular weight excluding hydrogens is 458 g/mol. The van der Waals surface area contributed by atoms with Gasteiger partial charge in [0.25, 0.3) is 0 Å². The number of amides is 3. The molecule has 0 radical (unpaired) electrons. The van der Waals surface area contributed by atoms with Crippen molar-refractivity contribution in [2.24, 2.45) is 5.92 Å². The fraction of sp³-hybridized carbons (Fsp3) is 0.520. The molecule has 8 heteroatoms. The SMILES string of the molecule is CC[C@@H](C)CN(CC(=O)N1CCc2sccc2[C@H]1COc1ccc(Cl)cc1)C(=O)NC(C)C. The lowest BCUT2D eigenvalue weighted by Crippen LogP contribution is -2.51. The Morgan fingerprint density at radius 2 is 1.97 bits per heavy atom. The summed E-state index contributed by atoms with van der Waals surface area (Å²) in [6.45, 7) is 9.61. The monoisotopic (exact) mass is 491 g/mol. The van der Waals surface area contributed by atoms with E-state index in [9.17, 15) is 9.59 Å². The topological polar surface area (TPSA) is 61.9 Å². The number of hydrogen-bond acceptors (Lipinski definition) is 4. The Morgan fingerprint density at radius 1 is 1.24 bits per heavy atom. The number of carbonyl (C=O) groups excluding carboxylic acids is 2. The maximum absolute atomic E-state index is 13.5. The van der Waals surface area contributed by atoms with Gasteiger partial charge in [0, 0.05) is 29.0 Å². The summed E-state index contributed by atoms with van der Waals surface area (Å²) in [7, 11) is 0. The van der Waals surface area contributed by atoms with Crippen LogP contribution < -0.4 is 10.1 Å². The molecule has 0 saturated heterocycles. The minimum Gasteiger partial charge on any atom is -0.491 e. The summed E-state index contributed by atoms with van der Waals surface area (Å²) < 4.78 is 6.05. The molecule has 0 fully saturated rings. The summed E-state index contributed by atoms with van der Waals surface area (Å²) in [5.41, 5.74) is 1.13. The van der Waals surface area contributed by atoms with Crippen LogP contribution in [0, 0.1) is 5.92 Å². The second-order valence-corrected chi connectivity index (χ2v) is 10.4. The van der Waals surface area contributed by atoms with Gasteiger partial charge in [-0.2, -0.15) is 0 Å². The average molecular weight is 492 g/mol. The molecule has 1 aliphatic rings. The fourth-order valence-electron chi connectivity index (χ4n) is 3.90. The molecule has 2 aromatic rings. The van der Waals surface area contributed by atoms with Crippen molar-refractivity contribution in [3.8, 4) is 5.75 Å². The summed E-state index contributed by atoms with van der Waals surface area (Å²) in [6.07, 6.45) is 1.76. The number of urea groups is 1. The van der Waals surface area contributed by atoms with E-state index in [1.54, 1.807) is 28.4 Å². The largest absolute Gasteiger partial charge is 0.491 e. The van der Waals surface area contributed by atoms with Gasteiger partial charge < -0.3 is 19.9 Å². The molecule has 1 N–H and O–H groups in total. The van der Waals surface area contributed by atoms with Crippen molar-refractivity contribution in [3.63, 3.8) is 0 Å². The van der Waals surface area contributed by atoms with Crippen molar-refractivity contribution in [1.82, 2.24) is 15.1 Å². The zero-order valence-corrected chi connectivity index (χ0v) is 21.4. The number of nitrogens with zero attached hydrogens (tertiary/aromatic N) is 2. The molecule has 0 spiro atoms. The van der Waals surface area contributed by atoms with Crippen LogP contribution in [0.1, 0.15) is 50.6 Å². The smallest absolute Gasteiger partial charge is 0.318 e. The predicted octanol–water partition coefficient (Wildman–Crippen LogP) is 5.37. The Balaban J connectivity index is 1.76. The quantitative estimate of drug-likeness (QED) is 0.512. The molecule has 6 nitrogen and oxygen atoms in total. The fourth-order valence-corrected chi connectivity index (χ4v) is 4.95. The molecule has 3 amide bonds. The van der Waals surface area contributed by atoms with Crippen LogP contribution in [0.4, 0.5) is 4.79 Å². The first kappa shape index (κ1) is 25.4. The Kier molecular flexibility index (Phi) is 9.03. The van der Waals surface area contributed by atoms with E-state index in [1.807, 2.05) is 30.9 Å². The van der Waals surface area contributed by atoms with Crippen LogP contribution in [0.25, 0.3) is 0 Å². The van der Waals surface area contributed by atoms with Crippen LogP contribution in [0.5, 0.6) is 5.75 Å². The summed E-state index contributed by atoms with van der Waals surface area (Å²) in [4.78, 5) is 31.1. The number of rotatable bonds is 9. The molecule has 180 valence electrons. The molecule has 0 saturated carbocycles. The first-order chi connectivity index (χ1) is 15.8. The molecule has 2 atom stereocenters. The van der Waals surface area contributed by atoms with E-state index in [4.69, 9.17) is 16.3 Å². The number of thiophene rings is 1. The lowest BCUT2D eigenvalue weighted by molar-refractivity contribution is -0.135. The number of carbonyl (C=O) groups is 2. The maximum atomic E-state index is 13.5. The van der Waals surface area contributed by atoms with E-state index in [2.05, 4.69) is 30.6 Å². The summed E-state index contributed by atoms with van der Waals surface area (Å²) >= 11 is 7.70. The highest BCUT2D eigenvalue weighted by Gasteiger charge is 2.33. The van der Waals surface area contributed by atoms with Crippen LogP contribution in [-0.4, -0.2) is 54.0 Å². The Labute approximate surface area is 205 Å². The molecular formula is C25H34ClN3O3S. The summed E-state index contributed by atoms with van der Waals surface area (Å²) in [5, 5.41) is 5.66. The van der Waals surface area contributed by atoms with E-state index < -0.39 is 0 Å². The summed E-state index contributed by atoms with van der Waals surface area (Å²) in [6, 6.07) is 8.94. The first-order valence-electron chi connectivity index (χ1n) is 11.6. The highest BCUT2D eigenvalue weighted by atomic mass is 35.5. The maximum Gasteiger partial charge on any atom is 0.318 e. The third-order valence-corrected chi connectivity index (χ3v) is 7.14. The lowest BCUT2D eigenvalue weighted by atomic mass is 10.00. The molecule has 1 aliphatic heterocycles. The Hall–Kier alpha value is -2.25. The minimum absolute atomic E-state index is 0.0101. The first-order valence-corrected chi connectivity index (χ1v) is 12.8. The third kappa shape index (κ3) is 6.87. The van der Waals surface area contributed by atoms with Crippen LogP contribution in [0.3, 0.4) is 0 Å². The van der Waals surface area contributed by atoms with Crippen LogP contribution >= 0.6 is 22.9 Å². The van der Waals surface area contributed by atoms with Gasteiger partial charge in [0.1, 0.15) is 18.9 Å². The Morgan fingerprint density at radius 3 is 2.64 bits per heavy atom. The van der Waals surface area contributed by atoms with Crippen molar-refractivity contribution in [2.75, 3.05) is 26.2 Å². The number of nitrogens with one attached hydrogen (secondary N) is 1. The van der Waals surface area contributed by atoms with E-state index in [0.717, 1.165) is 18.4 Å². The third-order valence-electron chi connectivity index (χ3n) is 5.89. The highest BCUT2D eigenvalue weighted by Crippen LogP contribution is 2.34. The van der Waals surface area contributed by atoms with E-state index in [-0.39, 0.29) is 30.6 Å². The molecule has 3 rings (SSSR count). The van der Waals surface area contributed by atoms with Gasteiger partial charge in [-0.25, -0.2) is 4.79 Å². The second-order valence-electron chi connectivity index (χ2n) is 8.92. The van der Waals surface area contributed by atoms with Gasteiger partial charge in [-0.1, -0.05) is 31.9 Å². The highest BCUT2D eigenvalue weighted by molar-refractivity contribution is 7.10. The molecule has 0 bridgehead atoms. The van der Waals surface area contributed by atoms with E-state index >= 15 is 0 Å². The van der Waals surface area contributed by atoms with Crippen molar-refractivity contribution in [1.29, 1.82) is 0 Å². The molecule has 33 heavy (non-hydrogen) atoms. The van der Waals surface area contributed by atoms with Gasteiger partial charge in [0.2, 0.25) is 5.91 Å². The molecule has 0 aliphatic carbocycles. The summed E-state index contributed by atoms with van der Waals surface area (Å²) in [5.74, 6) is 0.965. The van der Waals surface area contributed by atoms with Crippen molar-refractivity contribution in [3.05, 3.63) is 51.2 Å². The van der Waals surface area contributed by atoms with Gasteiger partial charge in [-0.3, -0.25) is 4.79 Å². The standard InChI is InChI=1S/C25H34ClN3O3S/c1-5-18(4)14-28(25(31)27-17(2)3)15-24(30)29-12-10-23-21(11-13-33-23)22(29)16-32-20-8-6-19(26)7-9-20/h6-9,11,13,17-18,22H,5,10,12,14-16H2,1-4H3,(H,27,31)/t18-,22-/m1/s1.